The average Bonchev–Trinajstić information content (AvgIpc) is 2.99. The van der Waals surface area contributed by atoms with Crippen LogP contribution in [0.25, 0.3) is 0 Å². The summed E-state index contributed by atoms with van der Waals surface area (Å²) in [6.07, 6.45) is 0.203. The number of aryl methyl sites for hydroxylation is 2. The molecule has 1 atom stereocenters. The maximum atomic E-state index is 15.2. The molecule has 7 nitrogen and oxygen atoms in total. The van der Waals surface area contributed by atoms with Crippen LogP contribution in [-0.4, -0.2) is 44.3 Å². The first-order valence-corrected chi connectivity index (χ1v) is 15.6. The Labute approximate surface area is 253 Å². The van der Waals surface area contributed by atoms with Crippen LogP contribution < -0.4 is 9.62 Å². The van der Waals surface area contributed by atoms with E-state index in [1.165, 1.54) is 35.2 Å². The number of rotatable bonds is 12. The molecule has 2 amide bonds. The van der Waals surface area contributed by atoms with E-state index in [1.54, 1.807) is 19.1 Å². The Hall–Kier alpha value is -4.50. The molecule has 0 aromatic heterocycles. The predicted molar refractivity (Wildman–Crippen MR) is 166 cm³/mol. The summed E-state index contributed by atoms with van der Waals surface area (Å²) in [5.41, 5.74) is 3.14. The first-order valence-electron chi connectivity index (χ1n) is 14.1. The van der Waals surface area contributed by atoms with Crippen LogP contribution in [0.5, 0.6) is 0 Å². The Morgan fingerprint density at radius 2 is 1.47 bits per heavy atom. The zero-order valence-electron chi connectivity index (χ0n) is 24.5. The lowest BCUT2D eigenvalue weighted by Gasteiger charge is -2.34. The highest BCUT2D eigenvalue weighted by Gasteiger charge is 2.35. The molecule has 0 saturated heterocycles. The minimum Gasteiger partial charge on any atom is -0.355 e. The number of hydrogen-bond donors (Lipinski definition) is 1. The molecule has 224 valence electrons. The molecule has 0 bridgehead atoms. The van der Waals surface area contributed by atoms with Crippen molar-refractivity contribution in [3.8, 4) is 0 Å². The third-order valence-corrected chi connectivity index (χ3v) is 9.01. The summed E-state index contributed by atoms with van der Waals surface area (Å²) < 4.78 is 43.9. The summed E-state index contributed by atoms with van der Waals surface area (Å²) in [6.45, 7) is 5.21. The number of likely N-dealkylation sites (N-methyl/N-ethyl adjacent to an activating group) is 1. The van der Waals surface area contributed by atoms with Gasteiger partial charge >= 0.3 is 0 Å². The van der Waals surface area contributed by atoms with E-state index in [0.717, 1.165) is 32.6 Å². The van der Waals surface area contributed by atoms with Gasteiger partial charge in [0.15, 0.2) is 0 Å². The van der Waals surface area contributed by atoms with Crippen molar-refractivity contribution in [2.45, 2.75) is 44.7 Å². The number of nitrogens with zero attached hydrogens (tertiary/aromatic N) is 2. The lowest BCUT2D eigenvalue weighted by molar-refractivity contribution is -0.140. The van der Waals surface area contributed by atoms with Crippen molar-refractivity contribution in [3.63, 3.8) is 0 Å². The highest BCUT2D eigenvalue weighted by Crippen LogP contribution is 2.27. The number of sulfonamides is 1. The van der Waals surface area contributed by atoms with Crippen LogP contribution in [-0.2, 0) is 32.6 Å². The number of benzene rings is 4. The molecule has 9 heteroatoms. The van der Waals surface area contributed by atoms with E-state index >= 15 is 4.39 Å². The maximum absolute atomic E-state index is 15.2. The standard InChI is InChI=1S/C34H36FN3O4S/c1-4-36-34(40)32(22-27-13-6-5-7-14-27)37(23-28-15-9-8-12-26(28)3)33(39)24-38(31-17-11-10-16-30(31)35)43(41,42)29-20-18-25(2)19-21-29/h5-21,32H,4,22-24H2,1-3H3,(H,36,40). The second-order valence-corrected chi connectivity index (χ2v) is 12.2. The van der Waals surface area contributed by atoms with Gasteiger partial charge in [-0.15, -0.1) is 0 Å². The smallest absolute Gasteiger partial charge is 0.264 e. The number of amides is 2. The SMILES string of the molecule is CCNC(=O)C(Cc1ccccc1)N(Cc1ccccc1C)C(=O)CN(c1ccccc1F)S(=O)(=O)c1ccc(C)cc1. The Balaban J connectivity index is 1.81. The van der Waals surface area contributed by atoms with Gasteiger partial charge in [-0.2, -0.15) is 0 Å². The van der Waals surface area contributed by atoms with E-state index in [9.17, 15) is 18.0 Å². The van der Waals surface area contributed by atoms with Gasteiger partial charge in [0.25, 0.3) is 10.0 Å². The number of hydrogen-bond acceptors (Lipinski definition) is 4. The van der Waals surface area contributed by atoms with Gasteiger partial charge in [-0.1, -0.05) is 84.4 Å². The first-order chi connectivity index (χ1) is 20.6. The largest absolute Gasteiger partial charge is 0.355 e. The van der Waals surface area contributed by atoms with Gasteiger partial charge in [-0.05, 0) is 61.7 Å². The summed E-state index contributed by atoms with van der Waals surface area (Å²) >= 11 is 0. The normalized spacial score (nSPS) is 11.9. The Kier molecular flexibility index (Phi) is 10.3. The fourth-order valence-corrected chi connectivity index (χ4v) is 6.24. The molecule has 0 aliphatic heterocycles. The topological polar surface area (TPSA) is 86.8 Å². The second-order valence-electron chi connectivity index (χ2n) is 10.3. The van der Waals surface area contributed by atoms with E-state index in [-0.39, 0.29) is 29.5 Å². The van der Waals surface area contributed by atoms with Crippen LogP contribution in [0, 0.1) is 19.7 Å². The first kappa shape index (κ1) is 31.4. The van der Waals surface area contributed by atoms with Crippen molar-refractivity contribution in [1.29, 1.82) is 0 Å². The van der Waals surface area contributed by atoms with Crippen LogP contribution in [0.4, 0.5) is 10.1 Å². The van der Waals surface area contributed by atoms with Gasteiger partial charge in [0.05, 0.1) is 10.6 Å². The molecule has 0 fully saturated rings. The zero-order valence-corrected chi connectivity index (χ0v) is 25.4. The Morgan fingerprint density at radius 1 is 0.837 bits per heavy atom. The number of carbonyl (C=O) groups excluding carboxylic acids is 2. The number of halogens is 1. The van der Waals surface area contributed by atoms with Gasteiger partial charge < -0.3 is 10.2 Å². The van der Waals surface area contributed by atoms with Crippen LogP contribution in [0.15, 0.2) is 108 Å². The molecule has 0 heterocycles. The lowest BCUT2D eigenvalue weighted by Crippen LogP contribution is -2.53. The molecular weight excluding hydrogens is 565 g/mol. The summed E-state index contributed by atoms with van der Waals surface area (Å²) in [5.74, 6) is -1.80. The minimum atomic E-state index is -4.37. The van der Waals surface area contributed by atoms with Gasteiger partial charge in [0.1, 0.15) is 18.4 Å². The van der Waals surface area contributed by atoms with E-state index in [2.05, 4.69) is 5.32 Å². The second kappa shape index (κ2) is 14.1. The minimum absolute atomic E-state index is 0.0514. The molecule has 1 unspecified atom stereocenters. The highest BCUT2D eigenvalue weighted by atomic mass is 32.2. The molecule has 0 saturated carbocycles. The molecule has 0 aliphatic rings. The molecule has 43 heavy (non-hydrogen) atoms. The Bertz CT molecular complexity index is 1660. The quantitative estimate of drug-likeness (QED) is 0.235. The number of para-hydroxylation sites is 1. The van der Waals surface area contributed by atoms with Crippen molar-refractivity contribution in [2.75, 3.05) is 17.4 Å². The van der Waals surface area contributed by atoms with Crippen molar-refractivity contribution in [1.82, 2.24) is 10.2 Å². The molecule has 4 aromatic carbocycles. The van der Waals surface area contributed by atoms with Crippen LogP contribution in [0.2, 0.25) is 0 Å². The summed E-state index contributed by atoms with van der Waals surface area (Å²) in [5, 5.41) is 2.83. The number of carbonyl (C=O) groups is 2. The van der Waals surface area contributed by atoms with Crippen LogP contribution >= 0.6 is 0 Å². The molecule has 0 spiro atoms. The molecular formula is C34H36FN3O4S. The fourth-order valence-electron chi connectivity index (χ4n) is 4.82. The number of anilines is 1. The van der Waals surface area contributed by atoms with E-state index in [1.807, 2.05) is 68.4 Å². The third kappa shape index (κ3) is 7.67. The lowest BCUT2D eigenvalue weighted by atomic mass is 10.0. The van der Waals surface area contributed by atoms with Crippen LogP contribution in [0.1, 0.15) is 29.2 Å². The maximum Gasteiger partial charge on any atom is 0.264 e. The molecule has 0 radical (unpaired) electrons. The summed E-state index contributed by atoms with van der Waals surface area (Å²) in [4.78, 5) is 29.2. The van der Waals surface area contributed by atoms with Gasteiger partial charge in [0.2, 0.25) is 11.8 Å². The average molecular weight is 602 g/mol. The van der Waals surface area contributed by atoms with Crippen molar-refractivity contribution < 1.29 is 22.4 Å². The van der Waals surface area contributed by atoms with Gasteiger partial charge in [-0.25, -0.2) is 12.8 Å². The van der Waals surface area contributed by atoms with Crippen molar-refractivity contribution in [2.24, 2.45) is 0 Å². The van der Waals surface area contributed by atoms with Crippen molar-refractivity contribution in [3.05, 3.63) is 131 Å². The molecule has 4 aromatic rings. The predicted octanol–water partition coefficient (Wildman–Crippen LogP) is 5.41. The highest BCUT2D eigenvalue weighted by molar-refractivity contribution is 7.92. The monoisotopic (exact) mass is 601 g/mol. The van der Waals surface area contributed by atoms with E-state index in [4.69, 9.17) is 0 Å². The third-order valence-electron chi connectivity index (χ3n) is 7.23. The van der Waals surface area contributed by atoms with E-state index < -0.39 is 34.3 Å². The molecule has 4 rings (SSSR count). The van der Waals surface area contributed by atoms with Crippen molar-refractivity contribution >= 4 is 27.5 Å². The van der Waals surface area contributed by atoms with Gasteiger partial charge in [0, 0.05) is 19.5 Å². The zero-order chi connectivity index (χ0) is 31.0. The van der Waals surface area contributed by atoms with Gasteiger partial charge in [-0.3, -0.25) is 13.9 Å². The molecule has 1 N–H and O–H groups in total. The van der Waals surface area contributed by atoms with Crippen LogP contribution in [0.3, 0.4) is 0 Å². The fraction of sp³-hybridized carbons (Fsp3) is 0.235. The summed E-state index contributed by atoms with van der Waals surface area (Å²) in [7, 11) is -4.37. The molecule has 0 aliphatic carbocycles. The van der Waals surface area contributed by atoms with E-state index in [0.29, 0.717) is 6.54 Å². The summed E-state index contributed by atoms with van der Waals surface area (Å²) in [6, 6.07) is 27.4. The Morgan fingerprint density at radius 3 is 2.12 bits per heavy atom. The number of nitrogens with one attached hydrogen (secondary N) is 1.